The Kier molecular flexibility index (Phi) is 2.12. The highest BCUT2D eigenvalue weighted by Gasteiger charge is 2.26. The third-order valence-corrected chi connectivity index (χ3v) is 2.23. The maximum absolute atomic E-state index is 11.8. The van der Waals surface area contributed by atoms with Crippen LogP contribution in [0.2, 0.25) is 0 Å². The van der Waals surface area contributed by atoms with Gasteiger partial charge in [0, 0.05) is 5.39 Å². The van der Waals surface area contributed by atoms with Crippen LogP contribution in [0.3, 0.4) is 0 Å². The molecule has 2 aromatic rings. The molecule has 0 saturated carbocycles. The van der Waals surface area contributed by atoms with Crippen molar-refractivity contribution >= 4 is 16.8 Å². The lowest BCUT2D eigenvalue weighted by molar-refractivity contribution is 0.0887. The summed E-state index contributed by atoms with van der Waals surface area (Å²) in [6, 6.07) is 9.23. The zero-order valence-electron chi connectivity index (χ0n) is 8.78. The lowest BCUT2D eigenvalue weighted by Crippen LogP contribution is -2.41. The number of hydrogen-bond acceptors (Lipinski definition) is 3. The van der Waals surface area contributed by atoms with E-state index in [0.717, 1.165) is 5.39 Å². The van der Waals surface area contributed by atoms with Crippen molar-refractivity contribution in [3.63, 3.8) is 0 Å². The Hall–Kier alpha value is -1.61. The minimum absolute atomic E-state index is 0.182. The van der Waals surface area contributed by atoms with Gasteiger partial charge in [-0.05, 0) is 26.0 Å². The number of Topliss-reactive ketones (excluding diaryl/α,β-unsaturated/α-hetero) is 1. The molecule has 3 nitrogen and oxygen atoms in total. The smallest absolute Gasteiger partial charge is 0.217 e. The molecule has 0 saturated heterocycles. The molecule has 2 N–H and O–H groups in total. The highest BCUT2D eigenvalue weighted by molar-refractivity contribution is 6.03. The molecule has 0 aliphatic rings. The lowest BCUT2D eigenvalue weighted by atomic mass is 9.99. The number of rotatable bonds is 2. The van der Waals surface area contributed by atoms with E-state index in [1.807, 2.05) is 24.3 Å². The predicted octanol–water partition coefficient (Wildman–Crippen LogP) is 2.35. The highest BCUT2D eigenvalue weighted by Crippen LogP contribution is 2.21. The molecule has 0 aliphatic carbocycles. The second-order valence-corrected chi connectivity index (χ2v) is 4.20. The Bertz CT molecular complexity index is 473. The largest absolute Gasteiger partial charge is 0.453 e. The van der Waals surface area contributed by atoms with Crippen LogP contribution < -0.4 is 5.73 Å². The average Bonchev–Trinajstić information content (AvgIpc) is 2.58. The van der Waals surface area contributed by atoms with Crippen LogP contribution in [0.4, 0.5) is 0 Å². The first-order chi connectivity index (χ1) is 6.98. The van der Waals surface area contributed by atoms with Crippen molar-refractivity contribution in [2.75, 3.05) is 0 Å². The van der Waals surface area contributed by atoms with Crippen LogP contribution in [0.5, 0.6) is 0 Å². The molecule has 15 heavy (non-hydrogen) atoms. The Morgan fingerprint density at radius 3 is 2.60 bits per heavy atom. The van der Waals surface area contributed by atoms with E-state index in [-0.39, 0.29) is 5.78 Å². The molecule has 0 fully saturated rings. The van der Waals surface area contributed by atoms with E-state index in [9.17, 15) is 4.79 Å². The molecule has 1 aromatic heterocycles. The van der Waals surface area contributed by atoms with Gasteiger partial charge in [0.05, 0.1) is 5.54 Å². The molecule has 0 spiro atoms. The first-order valence-corrected chi connectivity index (χ1v) is 4.81. The predicted molar refractivity (Wildman–Crippen MR) is 58.8 cm³/mol. The first kappa shape index (κ1) is 9.93. The number of carbonyl (C=O) groups is 1. The molecule has 1 aromatic carbocycles. The van der Waals surface area contributed by atoms with Crippen LogP contribution in [0, 0.1) is 0 Å². The van der Waals surface area contributed by atoms with Crippen LogP contribution >= 0.6 is 0 Å². The van der Waals surface area contributed by atoms with Crippen molar-refractivity contribution in [2.24, 2.45) is 5.73 Å². The molecule has 3 heteroatoms. The molecule has 1 heterocycles. The maximum atomic E-state index is 11.8. The van der Waals surface area contributed by atoms with Crippen LogP contribution in [0.1, 0.15) is 24.4 Å². The van der Waals surface area contributed by atoms with Crippen LogP contribution in [0.25, 0.3) is 11.0 Å². The Labute approximate surface area is 87.9 Å². The number of para-hydroxylation sites is 1. The fourth-order valence-corrected chi connectivity index (χ4v) is 1.41. The zero-order valence-corrected chi connectivity index (χ0v) is 8.78. The molecule has 0 aliphatic heterocycles. The van der Waals surface area contributed by atoms with E-state index >= 15 is 0 Å². The summed E-state index contributed by atoms with van der Waals surface area (Å²) in [5, 5.41) is 0.921. The fourth-order valence-electron chi connectivity index (χ4n) is 1.41. The van der Waals surface area contributed by atoms with Gasteiger partial charge in [0.2, 0.25) is 5.78 Å². The van der Waals surface area contributed by atoms with E-state index in [1.165, 1.54) is 0 Å². The molecular formula is C12H13NO2. The zero-order chi connectivity index (χ0) is 11.1. The van der Waals surface area contributed by atoms with Gasteiger partial charge >= 0.3 is 0 Å². The number of nitrogens with two attached hydrogens (primary N) is 1. The molecule has 0 bridgehead atoms. The summed E-state index contributed by atoms with van der Waals surface area (Å²) in [5.74, 6) is 0.141. The molecule has 0 unspecified atom stereocenters. The quantitative estimate of drug-likeness (QED) is 0.762. The standard InChI is InChI=1S/C12H13NO2/c1-12(2,13)11(14)10-7-8-5-3-4-6-9(8)15-10/h3-7H,13H2,1-2H3. The van der Waals surface area contributed by atoms with Crippen LogP contribution in [-0.4, -0.2) is 11.3 Å². The number of benzene rings is 1. The van der Waals surface area contributed by atoms with Gasteiger partial charge in [-0.15, -0.1) is 0 Å². The molecule has 0 amide bonds. The summed E-state index contributed by atoms with van der Waals surface area (Å²) >= 11 is 0. The highest BCUT2D eigenvalue weighted by atomic mass is 16.3. The van der Waals surface area contributed by atoms with E-state index in [2.05, 4.69) is 0 Å². The van der Waals surface area contributed by atoms with Gasteiger partial charge in [-0.2, -0.15) is 0 Å². The molecule has 78 valence electrons. The van der Waals surface area contributed by atoms with Crippen molar-refractivity contribution in [1.29, 1.82) is 0 Å². The van der Waals surface area contributed by atoms with Gasteiger partial charge in [-0.25, -0.2) is 0 Å². The third kappa shape index (κ3) is 1.78. The topological polar surface area (TPSA) is 56.2 Å². The number of hydrogen-bond donors (Lipinski definition) is 1. The Morgan fingerprint density at radius 1 is 1.33 bits per heavy atom. The summed E-state index contributed by atoms with van der Waals surface area (Å²) in [7, 11) is 0. The van der Waals surface area contributed by atoms with Crippen molar-refractivity contribution in [2.45, 2.75) is 19.4 Å². The third-order valence-electron chi connectivity index (χ3n) is 2.23. The number of fused-ring (bicyclic) bond motifs is 1. The average molecular weight is 203 g/mol. The van der Waals surface area contributed by atoms with Crippen molar-refractivity contribution < 1.29 is 9.21 Å². The summed E-state index contributed by atoms with van der Waals surface area (Å²) in [6.45, 7) is 3.34. The molecule has 0 atom stereocenters. The monoisotopic (exact) mass is 203 g/mol. The van der Waals surface area contributed by atoms with Crippen LogP contribution in [-0.2, 0) is 0 Å². The minimum Gasteiger partial charge on any atom is -0.453 e. The van der Waals surface area contributed by atoms with E-state index in [0.29, 0.717) is 11.3 Å². The number of furan rings is 1. The first-order valence-electron chi connectivity index (χ1n) is 4.81. The van der Waals surface area contributed by atoms with Gasteiger partial charge in [0.15, 0.2) is 5.76 Å². The Balaban J connectivity index is 2.50. The van der Waals surface area contributed by atoms with Gasteiger partial charge in [-0.1, -0.05) is 18.2 Å². The number of ketones is 1. The van der Waals surface area contributed by atoms with Gasteiger partial charge in [0.1, 0.15) is 5.58 Å². The fraction of sp³-hybridized carbons (Fsp3) is 0.250. The van der Waals surface area contributed by atoms with Gasteiger partial charge in [-0.3, -0.25) is 4.79 Å². The number of carbonyl (C=O) groups excluding carboxylic acids is 1. The van der Waals surface area contributed by atoms with Crippen LogP contribution in [0.15, 0.2) is 34.7 Å². The lowest BCUT2D eigenvalue weighted by Gasteiger charge is -2.13. The van der Waals surface area contributed by atoms with Crippen molar-refractivity contribution in [3.05, 3.63) is 36.1 Å². The van der Waals surface area contributed by atoms with Crippen molar-refractivity contribution in [1.82, 2.24) is 0 Å². The second-order valence-electron chi connectivity index (χ2n) is 4.20. The maximum Gasteiger partial charge on any atom is 0.217 e. The molecular weight excluding hydrogens is 190 g/mol. The molecule has 0 radical (unpaired) electrons. The summed E-state index contributed by atoms with van der Waals surface area (Å²) in [6.07, 6.45) is 0. The summed E-state index contributed by atoms with van der Waals surface area (Å²) in [5.41, 5.74) is 5.54. The SMILES string of the molecule is CC(C)(N)C(=O)c1cc2ccccc2o1. The van der Waals surface area contributed by atoms with Crippen molar-refractivity contribution in [3.8, 4) is 0 Å². The van der Waals surface area contributed by atoms with E-state index in [1.54, 1.807) is 19.9 Å². The van der Waals surface area contributed by atoms with E-state index < -0.39 is 5.54 Å². The van der Waals surface area contributed by atoms with Gasteiger partial charge in [0.25, 0.3) is 0 Å². The normalized spacial score (nSPS) is 11.9. The summed E-state index contributed by atoms with van der Waals surface area (Å²) in [4.78, 5) is 11.8. The second kappa shape index (κ2) is 3.21. The Morgan fingerprint density at radius 2 is 2.00 bits per heavy atom. The molecule has 2 rings (SSSR count). The summed E-state index contributed by atoms with van der Waals surface area (Å²) < 4.78 is 5.43. The van der Waals surface area contributed by atoms with Gasteiger partial charge < -0.3 is 10.2 Å². The van der Waals surface area contributed by atoms with E-state index in [4.69, 9.17) is 10.2 Å². The minimum atomic E-state index is -0.895.